The number of H-pyrrole nitrogens is 4. The number of morpholine rings is 4. The zero-order chi connectivity index (χ0) is 104. The molecule has 6 aliphatic heterocycles. The molecule has 6 saturated heterocycles. The number of esters is 1. The molecule has 6 fully saturated rings. The Kier molecular flexibility index (Phi) is 30.9. The van der Waals surface area contributed by atoms with Crippen LogP contribution in [0.25, 0.3) is 87.2 Å². The van der Waals surface area contributed by atoms with Crippen molar-refractivity contribution in [3.05, 3.63) is 173 Å². The number of amides is 8. The van der Waals surface area contributed by atoms with Gasteiger partial charge in [0, 0.05) is 165 Å². The highest BCUT2D eigenvalue weighted by Gasteiger charge is 2.46. The first-order valence-electron chi connectivity index (χ1n) is 47.7. The van der Waals surface area contributed by atoms with E-state index in [0.29, 0.717) is 138 Å². The van der Waals surface area contributed by atoms with E-state index >= 15 is 0 Å². The Balaban J connectivity index is 0.000000133. The third-order valence-corrected chi connectivity index (χ3v) is 27.7. The van der Waals surface area contributed by atoms with Gasteiger partial charge in [0.1, 0.15) is 30.0 Å². The number of ketones is 1. The number of rotatable bonds is 20. The minimum absolute atomic E-state index is 0.0000798. The van der Waals surface area contributed by atoms with E-state index in [0.717, 1.165) is 87.2 Å². The molecule has 14 aromatic rings. The zero-order valence-electron chi connectivity index (χ0n) is 82.6. The van der Waals surface area contributed by atoms with Crippen molar-refractivity contribution < 1.29 is 80.9 Å². The first-order valence-corrected chi connectivity index (χ1v) is 49.3. The molecule has 20 rings (SSSR count). The lowest BCUT2D eigenvalue weighted by atomic mass is 9.80. The van der Waals surface area contributed by atoms with Gasteiger partial charge in [-0.1, -0.05) is 51.6 Å². The average Bonchev–Trinajstić information content (AvgIpc) is 1.61. The van der Waals surface area contributed by atoms with Crippen LogP contribution in [0.4, 0.5) is 34.3 Å². The molecule has 4 aromatic carbocycles. The number of benzene rings is 4. The van der Waals surface area contributed by atoms with Crippen molar-refractivity contribution in [2.45, 2.75) is 141 Å². The summed E-state index contributed by atoms with van der Waals surface area (Å²) in [4.78, 5) is 175. The number of piperidine rings is 2. The molecule has 10 aromatic heterocycles. The second kappa shape index (κ2) is 43.3. The number of methoxy groups -OCH3 is 2. The third-order valence-electron chi connectivity index (χ3n) is 26.8. The van der Waals surface area contributed by atoms with Crippen LogP contribution in [0.1, 0.15) is 93.7 Å². The van der Waals surface area contributed by atoms with Gasteiger partial charge >= 0.3 is 5.97 Å². The molecule has 0 unspecified atom stereocenters. The first kappa shape index (κ1) is 104. The summed E-state index contributed by atoms with van der Waals surface area (Å²) in [7, 11) is 2.91. The molecule has 766 valence electrons. The number of Topliss-reactive ketones (excluding diaryl/α,β-unsaturated/α-hetero) is 1. The topological polar surface area (TPSA) is 471 Å². The Morgan fingerprint density at radius 3 is 1.05 bits per heavy atom. The van der Waals surface area contributed by atoms with Crippen LogP contribution in [0.15, 0.2) is 151 Å². The lowest BCUT2D eigenvalue weighted by Gasteiger charge is -2.44. The number of nitrogens with zero attached hydrogens (tertiary/aromatic N) is 12. The fraction of sp³-hybridized carbons (Fsp3) is 0.398. The number of pyridine rings is 5. The highest BCUT2D eigenvalue weighted by molar-refractivity contribution is 6.35. The highest BCUT2D eigenvalue weighted by atomic mass is 35.5. The van der Waals surface area contributed by atoms with E-state index in [1.165, 1.54) is 20.4 Å². The molecule has 16 heterocycles. The van der Waals surface area contributed by atoms with Crippen LogP contribution < -0.4 is 36.6 Å². The number of fused-ring (bicyclic) bond motifs is 12. The quantitative estimate of drug-likeness (QED) is 0.0317. The Morgan fingerprint density at radius 2 is 0.740 bits per heavy atom. The number of aryl methyl sites for hydroxylation is 1. The SMILES string of the molecule is CC1(C)CN(CC(=O)N2CCC(=O)CC2)[C@H](C(=O)Nc2cc(Cl)cc3c2[nH]c2cnccc23)CO1.COC(=O)C1(C)CCN(C(=O)CN2CC(C)(C)OC[C@H]2C(=O)Nc2cc(Cl)cc3c2[nH]c2cnccc23)CC1.COc1ccc(NC(=O)CN2CC(C)(C)OC[C@H]2C(=O)Nc2cc(Cl)cc3c2[nH]c2cnccc23)cn1.Cc1cc(NC(=O)CN2CC(C)(C)OC[C@H]2C(=O)Nc2cc(Cl)cc3c2[nH]c2cnccc23)on1. The van der Waals surface area contributed by atoms with E-state index in [1.807, 2.05) is 126 Å². The van der Waals surface area contributed by atoms with Crippen molar-refractivity contribution >= 4 is 227 Å². The Morgan fingerprint density at radius 1 is 0.411 bits per heavy atom. The van der Waals surface area contributed by atoms with E-state index in [4.69, 9.17) is 79.3 Å². The maximum atomic E-state index is 13.6. The molecule has 43 heteroatoms. The molecular weight excluding hydrogens is 1960 g/mol. The molecule has 0 saturated carbocycles. The van der Waals surface area contributed by atoms with Crippen LogP contribution >= 0.6 is 46.4 Å². The summed E-state index contributed by atoms with van der Waals surface area (Å²) in [5, 5.41) is 30.6. The number of carbonyl (C=O) groups is 10. The minimum Gasteiger partial charge on any atom is -0.481 e. The van der Waals surface area contributed by atoms with Crippen molar-refractivity contribution in [3.63, 3.8) is 0 Å². The number of hydrogen-bond acceptors (Lipinski definition) is 27. The van der Waals surface area contributed by atoms with Gasteiger partial charge in [-0.2, -0.15) is 0 Å². The van der Waals surface area contributed by atoms with Gasteiger partial charge in [-0.25, -0.2) is 4.98 Å². The van der Waals surface area contributed by atoms with Crippen molar-refractivity contribution in [2.75, 3.05) is 151 Å². The molecule has 0 radical (unpaired) electrons. The number of anilines is 6. The maximum absolute atomic E-state index is 13.6. The molecule has 6 aliphatic rings. The number of carbonyl (C=O) groups excluding carboxylic acids is 10. The predicted octanol–water partition coefficient (Wildman–Crippen LogP) is 14.1. The molecule has 10 N–H and O–H groups in total. The van der Waals surface area contributed by atoms with E-state index in [9.17, 15) is 47.9 Å². The van der Waals surface area contributed by atoms with E-state index in [2.05, 4.69) is 81.9 Å². The Bertz CT molecular complexity index is 7350. The van der Waals surface area contributed by atoms with Gasteiger partial charge in [0.25, 0.3) is 0 Å². The highest BCUT2D eigenvalue weighted by Crippen LogP contribution is 2.41. The normalized spacial score (nSPS) is 19.5. The van der Waals surface area contributed by atoms with Crippen LogP contribution in [-0.2, 0) is 71.6 Å². The number of aromatic amines is 4. The Labute approximate surface area is 858 Å². The van der Waals surface area contributed by atoms with Gasteiger partial charge in [0.15, 0.2) is 0 Å². The van der Waals surface area contributed by atoms with Crippen LogP contribution in [0.3, 0.4) is 0 Å². The summed E-state index contributed by atoms with van der Waals surface area (Å²) >= 11 is 25.6. The number of aromatic nitrogens is 10. The number of nitrogens with one attached hydrogen (secondary N) is 10. The molecule has 0 aliphatic carbocycles. The van der Waals surface area contributed by atoms with Crippen molar-refractivity contribution in [3.8, 4) is 5.88 Å². The monoisotopic (exact) mass is 2070 g/mol. The second-order valence-electron chi connectivity index (χ2n) is 40.0. The molecule has 39 nitrogen and oxygen atoms in total. The van der Waals surface area contributed by atoms with E-state index < -0.39 is 52.0 Å². The fourth-order valence-corrected chi connectivity index (χ4v) is 20.2. The standard InChI is InChI=1S/C28H34ClN5O5.C26H27ClN6O4.C25H28ClN5O4.C24H25ClN6O4/c1-27(2)16-34(14-23(35)33-9-6-28(3,7-10-33)26(37)38-4)22(15-39-27)25(36)32-20-12-17(29)11-19-18-5-8-30-13-21(18)31-24(19)20;1-26(2)14-33(12-22(34)30-16-4-5-23(36-3)29-10-16)21(13-37-26)25(35)32-19-9-15(27)8-18-17-6-7-28-11-20(17)31-24(18)19;1-25(2)14-31(12-22(33)30-7-4-16(32)5-8-30)21(13-35-25)24(34)29-19-10-15(26)9-18-17-3-6-27-11-20(17)28-23(18)19;1-13-6-21(35-30-13)29-20(32)10-31-12-24(2,3)34-11-19(31)23(33)28-17-8-14(25)7-16-15-4-5-26-9-18(15)27-22(16)17/h5,8,11-13,22,31H,6-7,9-10,14-16H2,1-4H3,(H,32,36);4-11,21,31H,12-14H2,1-3H3,(H,30,34)(H,32,35);3,6,9-11,21,28H,4-5,7-8,12-14H2,1-2H3,(H,29,34);4-9,19,27H,10-12H2,1-3H3,(H,28,33)(H,29,32)/t22-;2*21-;19-/m0000/s1. The predicted molar refractivity (Wildman–Crippen MR) is 557 cm³/mol. The van der Waals surface area contributed by atoms with Crippen molar-refractivity contribution in [2.24, 2.45) is 5.41 Å². The van der Waals surface area contributed by atoms with Gasteiger partial charge in [-0.15, -0.1) is 0 Å². The summed E-state index contributed by atoms with van der Waals surface area (Å²) in [6, 6.07) is 24.1. The molecule has 0 spiro atoms. The number of likely N-dealkylation sites (tertiary alicyclic amines) is 2. The van der Waals surface area contributed by atoms with Gasteiger partial charge in [0.2, 0.25) is 59.0 Å². The van der Waals surface area contributed by atoms with Gasteiger partial charge < -0.3 is 89.3 Å². The Hall–Kier alpha value is -13.4. The zero-order valence-corrected chi connectivity index (χ0v) is 85.7. The molecule has 4 atom stereocenters. The second-order valence-corrected chi connectivity index (χ2v) is 41.7. The number of halogens is 4. The molecular formula is C103H114Cl4N22O17. The van der Waals surface area contributed by atoms with Crippen LogP contribution in [0.2, 0.25) is 20.1 Å². The summed E-state index contributed by atoms with van der Waals surface area (Å²) in [6.45, 7) is 23.2. The smallest absolute Gasteiger partial charge is 0.311 e. The lowest BCUT2D eigenvalue weighted by molar-refractivity contribution is -0.159. The lowest BCUT2D eigenvalue weighted by Crippen LogP contribution is -2.60. The summed E-state index contributed by atoms with van der Waals surface area (Å²) in [6.07, 6.45) is 17.1. The first-order chi connectivity index (χ1) is 69.6. The van der Waals surface area contributed by atoms with Crippen LogP contribution in [-0.4, -0.2) is 304 Å². The summed E-state index contributed by atoms with van der Waals surface area (Å²) in [5.74, 6) is -1.26. The van der Waals surface area contributed by atoms with Gasteiger partial charge in [0.05, 0.1) is 204 Å². The third kappa shape index (κ3) is 24.1. The van der Waals surface area contributed by atoms with Gasteiger partial charge in [-0.05, 0) is 161 Å². The molecule has 8 amide bonds. The summed E-state index contributed by atoms with van der Waals surface area (Å²) in [5.41, 5.74) is 7.08. The maximum Gasteiger partial charge on any atom is 0.311 e. The van der Waals surface area contributed by atoms with Crippen molar-refractivity contribution in [1.29, 1.82) is 0 Å². The largest absolute Gasteiger partial charge is 0.481 e. The number of ether oxygens (including phenoxy) is 6. The molecule has 146 heavy (non-hydrogen) atoms. The van der Waals surface area contributed by atoms with E-state index in [1.54, 1.807) is 114 Å². The number of hydrogen-bond donors (Lipinski definition) is 10. The summed E-state index contributed by atoms with van der Waals surface area (Å²) < 4.78 is 38.9. The minimum atomic E-state index is -0.690. The molecule has 0 bridgehead atoms. The van der Waals surface area contributed by atoms with Crippen molar-refractivity contribution in [1.82, 2.24) is 79.4 Å². The van der Waals surface area contributed by atoms with Gasteiger partial charge in [-0.3, -0.25) is 92.8 Å². The average molecular weight is 2070 g/mol. The fourth-order valence-electron chi connectivity index (χ4n) is 19.4. The van der Waals surface area contributed by atoms with Crippen LogP contribution in [0, 0.1) is 12.3 Å². The van der Waals surface area contributed by atoms with Crippen LogP contribution in [0.5, 0.6) is 5.88 Å². The van der Waals surface area contributed by atoms with E-state index in [-0.39, 0.29) is 118 Å².